The van der Waals surface area contributed by atoms with Gasteiger partial charge >= 0.3 is 5.97 Å². The molecule has 0 N–H and O–H groups in total. The summed E-state index contributed by atoms with van der Waals surface area (Å²) in [5, 5.41) is 0.457. The number of amides is 2. The third-order valence-electron chi connectivity index (χ3n) is 7.01. The van der Waals surface area contributed by atoms with E-state index in [-0.39, 0.29) is 17.8 Å². The zero-order chi connectivity index (χ0) is 21.3. The van der Waals surface area contributed by atoms with Crippen LogP contribution < -0.4 is 0 Å². The van der Waals surface area contributed by atoms with Crippen molar-refractivity contribution in [3.8, 4) is 0 Å². The van der Waals surface area contributed by atoms with E-state index in [1.165, 1.54) is 26.4 Å². The second kappa shape index (κ2) is 8.71. The molecule has 0 spiro atoms. The number of imide groups is 1. The molecule has 0 aromatic rings. The summed E-state index contributed by atoms with van der Waals surface area (Å²) in [4.78, 5) is 35.3. The van der Waals surface area contributed by atoms with E-state index in [2.05, 4.69) is 4.28 Å². The molecule has 3 saturated carbocycles. The van der Waals surface area contributed by atoms with E-state index in [4.69, 9.17) is 4.74 Å². The van der Waals surface area contributed by atoms with Crippen molar-refractivity contribution in [2.75, 3.05) is 13.4 Å². The molecule has 4 rings (SSSR count). The lowest BCUT2D eigenvalue weighted by Crippen LogP contribution is -2.34. The lowest BCUT2D eigenvalue weighted by molar-refractivity contribution is -0.165. The van der Waals surface area contributed by atoms with Gasteiger partial charge in [-0.25, -0.2) is 0 Å². The van der Waals surface area contributed by atoms with Crippen molar-refractivity contribution in [2.24, 2.45) is 35.5 Å². The first-order chi connectivity index (χ1) is 13.7. The maximum absolute atomic E-state index is 12.1. The highest BCUT2D eigenvalue weighted by Crippen LogP contribution is 2.48. The number of ether oxygens (including phenoxy) is 1. The lowest BCUT2D eigenvalue weighted by Gasteiger charge is -2.29. The monoisotopic (exact) mass is 429 g/mol. The predicted octanol–water partition coefficient (Wildman–Crippen LogP) is 2.28. The van der Waals surface area contributed by atoms with E-state index >= 15 is 0 Å². The van der Waals surface area contributed by atoms with Crippen LogP contribution in [0.2, 0.25) is 0 Å². The van der Waals surface area contributed by atoms with Crippen LogP contribution in [0.5, 0.6) is 0 Å². The highest BCUT2D eigenvalue weighted by Gasteiger charge is 2.53. The molecule has 1 saturated heterocycles. The molecular weight excluding hydrogens is 398 g/mol. The Hall–Kier alpha value is -1.48. The maximum Gasteiger partial charge on any atom is 0.308 e. The molecule has 0 aromatic carbocycles. The fourth-order valence-corrected chi connectivity index (χ4v) is 6.10. The molecule has 4 aliphatic rings. The second-order valence-electron chi connectivity index (χ2n) is 8.79. The summed E-state index contributed by atoms with van der Waals surface area (Å²) in [6.07, 6.45) is 9.05. The first kappa shape index (κ1) is 22.2. The topological polar surface area (TPSA) is 107 Å². The van der Waals surface area contributed by atoms with Crippen LogP contribution in [0, 0.1) is 35.5 Å². The number of hydroxylamine groups is 2. The van der Waals surface area contributed by atoms with Crippen molar-refractivity contribution in [3.05, 3.63) is 0 Å². The first-order valence-electron chi connectivity index (χ1n) is 10.5. The van der Waals surface area contributed by atoms with Crippen LogP contribution in [-0.2, 0) is 33.5 Å². The number of hydrogen-bond donors (Lipinski definition) is 0. The average Bonchev–Trinajstić information content (AvgIpc) is 3.38. The smallest absolute Gasteiger partial charge is 0.308 e. The maximum atomic E-state index is 12.1. The van der Waals surface area contributed by atoms with E-state index in [0.717, 1.165) is 37.9 Å². The minimum absolute atomic E-state index is 0.0252. The van der Waals surface area contributed by atoms with Crippen molar-refractivity contribution in [3.63, 3.8) is 0 Å². The van der Waals surface area contributed by atoms with E-state index in [9.17, 15) is 22.8 Å². The molecule has 4 fully saturated rings. The number of rotatable bonds is 4. The van der Waals surface area contributed by atoms with Crippen LogP contribution in [-0.4, -0.2) is 44.6 Å². The van der Waals surface area contributed by atoms with Crippen molar-refractivity contribution in [1.82, 2.24) is 5.06 Å². The summed E-state index contributed by atoms with van der Waals surface area (Å²) in [6, 6.07) is 0. The number of hydrogen-bond acceptors (Lipinski definition) is 7. The summed E-state index contributed by atoms with van der Waals surface area (Å²) in [5.74, 6) is 0.104. The molecule has 8 nitrogen and oxygen atoms in total. The molecule has 3 aliphatic carbocycles. The van der Waals surface area contributed by atoms with Crippen molar-refractivity contribution < 1.29 is 31.8 Å². The second-order valence-corrected chi connectivity index (χ2v) is 10.3. The average molecular weight is 430 g/mol. The number of esters is 1. The van der Waals surface area contributed by atoms with E-state index in [1.807, 2.05) is 6.92 Å². The molecule has 29 heavy (non-hydrogen) atoms. The summed E-state index contributed by atoms with van der Waals surface area (Å²) >= 11 is 0. The fraction of sp³-hybridized carbons (Fsp3) is 0.850. The van der Waals surface area contributed by atoms with Crippen LogP contribution >= 0.6 is 0 Å². The van der Waals surface area contributed by atoms with Gasteiger partial charge in [-0.2, -0.15) is 8.42 Å². The standard InChI is InChI=1S/C11H17NO5S.C9H14O2/c1-3-7-5-4-6-8-9(7)11(14)12(10(8)13)17-18(2,15)16;1-11-9(10)8-5-6-2-3-7(8)4-6/h7-9H,3-6H2,1-2H3;6-8H,2-5H2,1H3. The molecule has 6 unspecified atom stereocenters. The number of carbonyl (C=O) groups is 3. The molecule has 2 bridgehead atoms. The van der Waals surface area contributed by atoms with Crippen LogP contribution in [0.25, 0.3) is 0 Å². The molecule has 0 radical (unpaired) electrons. The Morgan fingerprint density at radius 3 is 2.34 bits per heavy atom. The summed E-state index contributed by atoms with van der Waals surface area (Å²) < 4.78 is 31.4. The third-order valence-corrected chi connectivity index (χ3v) is 7.43. The molecule has 9 heteroatoms. The van der Waals surface area contributed by atoms with Gasteiger partial charge < -0.3 is 4.74 Å². The van der Waals surface area contributed by atoms with E-state index in [0.29, 0.717) is 17.4 Å². The summed E-state index contributed by atoms with van der Waals surface area (Å²) in [5.41, 5.74) is 0. The number of methoxy groups -OCH3 is 1. The molecule has 0 aromatic heterocycles. The van der Waals surface area contributed by atoms with Crippen molar-refractivity contribution >= 4 is 27.9 Å². The fourth-order valence-electron chi connectivity index (χ4n) is 5.68. The van der Waals surface area contributed by atoms with E-state index in [1.54, 1.807) is 0 Å². The quantitative estimate of drug-likeness (QED) is 0.498. The van der Waals surface area contributed by atoms with Gasteiger partial charge in [-0.1, -0.05) is 26.2 Å². The van der Waals surface area contributed by atoms with Crippen LogP contribution in [0.4, 0.5) is 0 Å². The van der Waals surface area contributed by atoms with Crippen LogP contribution in [0.15, 0.2) is 0 Å². The van der Waals surface area contributed by atoms with Gasteiger partial charge in [-0.05, 0) is 49.9 Å². The Bertz CT molecular complexity index is 765. The molecule has 2 amide bonds. The number of fused-ring (bicyclic) bond motifs is 3. The van der Waals surface area contributed by atoms with Gasteiger partial charge in [0.1, 0.15) is 0 Å². The Labute approximate surface area is 172 Å². The van der Waals surface area contributed by atoms with Gasteiger partial charge in [0.25, 0.3) is 21.9 Å². The third kappa shape index (κ3) is 4.66. The zero-order valence-corrected chi connectivity index (χ0v) is 18.2. The minimum atomic E-state index is -3.86. The van der Waals surface area contributed by atoms with Crippen LogP contribution in [0.3, 0.4) is 0 Å². The van der Waals surface area contributed by atoms with Gasteiger partial charge in [-0.15, -0.1) is 9.35 Å². The molecular formula is C20H31NO7S. The Morgan fingerprint density at radius 1 is 1.10 bits per heavy atom. The summed E-state index contributed by atoms with van der Waals surface area (Å²) in [6.45, 7) is 1.98. The highest BCUT2D eigenvalue weighted by molar-refractivity contribution is 7.85. The number of nitrogens with zero attached hydrogens (tertiary/aromatic N) is 1. The first-order valence-corrected chi connectivity index (χ1v) is 12.3. The van der Waals surface area contributed by atoms with Gasteiger partial charge in [0, 0.05) is 0 Å². The van der Waals surface area contributed by atoms with Crippen molar-refractivity contribution in [2.45, 2.75) is 58.3 Å². The zero-order valence-electron chi connectivity index (χ0n) is 17.3. The predicted molar refractivity (Wildman–Crippen MR) is 103 cm³/mol. The van der Waals surface area contributed by atoms with E-state index < -0.39 is 33.8 Å². The largest absolute Gasteiger partial charge is 0.469 e. The van der Waals surface area contributed by atoms with Crippen molar-refractivity contribution in [1.29, 1.82) is 0 Å². The minimum Gasteiger partial charge on any atom is -0.469 e. The Kier molecular flexibility index (Phi) is 6.67. The normalized spacial score (nSPS) is 35.9. The molecule has 164 valence electrons. The Balaban J connectivity index is 0.000000186. The highest BCUT2D eigenvalue weighted by atomic mass is 32.2. The molecule has 1 aliphatic heterocycles. The lowest BCUT2D eigenvalue weighted by atomic mass is 9.72. The molecule has 6 atom stereocenters. The van der Waals surface area contributed by atoms with Gasteiger partial charge in [0.2, 0.25) is 0 Å². The number of carbonyl (C=O) groups excluding carboxylic acids is 3. The van der Waals surface area contributed by atoms with Gasteiger partial charge in [0.05, 0.1) is 31.1 Å². The molecule has 1 heterocycles. The van der Waals surface area contributed by atoms with Gasteiger partial charge in [0.15, 0.2) is 0 Å². The summed E-state index contributed by atoms with van der Waals surface area (Å²) in [7, 11) is -2.36. The van der Waals surface area contributed by atoms with Crippen LogP contribution in [0.1, 0.15) is 58.3 Å². The Morgan fingerprint density at radius 2 is 1.83 bits per heavy atom. The van der Waals surface area contributed by atoms with Gasteiger partial charge in [-0.3, -0.25) is 14.4 Å². The SMILES string of the molecule is CCC1CCCC2C(=O)N(OS(C)(=O)=O)C(=O)C12.COC(=O)C1CC2CCC1C2.